The van der Waals surface area contributed by atoms with E-state index in [-0.39, 0.29) is 18.2 Å². The standard InChI is InChI=1S/C30H45N3O4/c1-6-8-13-23-21-12-10-11-14-24(21)33(19-26(35)30(3,4)5)29(37)27(31-23)32-28(36)22(18-20-16-17-20)25(34)15-9-7-2/h10-12,14,20,22,25,27,34H,6-9,13,15-19H2,1-5H3,(H,32,36). The molecule has 3 unspecified atom stereocenters. The average Bonchev–Trinajstić information content (AvgIpc) is 3.69. The molecule has 0 radical (unpaired) electrons. The molecule has 1 aromatic rings. The average molecular weight is 512 g/mol. The molecule has 1 saturated carbocycles. The first-order chi connectivity index (χ1) is 17.6. The molecule has 2 N–H and O–H groups in total. The van der Waals surface area contributed by atoms with Crippen molar-refractivity contribution in [3.05, 3.63) is 29.8 Å². The lowest BCUT2D eigenvalue weighted by Crippen LogP contribution is -2.52. The molecule has 1 aromatic carbocycles. The van der Waals surface area contributed by atoms with Gasteiger partial charge in [0.1, 0.15) is 0 Å². The van der Waals surface area contributed by atoms with Gasteiger partial charge in [0, 0.05) is 16.7 Å². The molecule has 0 saturated heterocycles. The Morgan fingerprint density at radius 3 is 2.43 bits per heavy atom. The van der Waals surface area contributed by atoms with Gasteiger partial charge in [0.2, 0.25) is 12.1 Å². The van der Waals surface area contributed by atoms with Crippen molar-refractivity contribution in [2.24, 2.45) is 22.2 Å². The van der Waals surface area contributed by atoms with E-state index in [1.807, 2.05) is 45.0 Å². The van der Waals surface area contributed by atoms with Crippen LogP contribution in [0.15, 0.2) is 29.3 Å². The van der Waals surface area contributed by atoms with Crippen molar-refractivity contribution in [2.45, 2.75) is 105 Å². The second kappa shape index (κ2) is 12.8. The van der Waals surface area contributed by atoms with Crippen LogP contribution in [0.4, 0.5) is 5.69 Å². The van der Waals surface area contributed by atoms with Gasteiger partial charge in [-0.2, -0.15) is 0 Å². The minimum absolute atomic E-state index is 0.0701. The molecule has 7 nitrogen and oxygen atoms in total. The molecule has 2 amide bonds. The van der Waals surface area contributed by atoms with Gasteiger partial charge in [-0.1, -0.05) is 84.9 Å². The molecular formula is C30H45N3O4. The lowest BCUT2D eigenvalue weighted by Gasteiger charge is -2.29. The number of carbonyl (C=O) groups is 3. The Balaban J connectivity index is 1.95. The highest BCUT2D eigenvalue weighted by atomic mass is 16.3. The number of fused-ring (bicyclic) bond motifs is 1. The number of para-hydroxylation sites is 1. The van der Waals surface area contributed by atoms with Crippen molar-refractivity contribution in [3.8, 4) is 0 Å². The predicted molar refractivity (Wildman–Crippen MR) is 148 cm³/mol. The van der Waals surface area contributed by atoms with Gasteiger partial charge in [-0.05, 0) is 37.7 Å². The van der Waals surface area contributed by atoms with Gasteiger partial charge >= 0.3 is 0 Å². The Kier molecular flexibility index (Phi) is 10.0. The number of aliphatic imine (C=N–C) groups is 1. The third-order valence-electron chi connectivity index (χ3n) is 7.41. The van der Waals surface area contributed by atoms with Crippen molar-refractivity contribution in [1.82, 2.24) is 5.32 Å². The molecule has 37 heavy (non-hydrogen) atoms. The third kappa shape index (κ3) is 7.73. The zero-order chi connectivity index (χ0) is 27.2. The number of nitrogens with one attached hydrogen (secondary N) is 1. The Hall–Kier alpha value is -2.54. The number of carbonyl (C=O) groups excluding carboxylic acids is 3. The van der Waals surface area contributed by atoms with E-state index in [0.29, 0.717) is 30.9 Å². The molecular weight excluding hydrogens is 466 g/mol. The number of amides is 2. The van der Waals surface area contributed by atoms with Gasteiger partial charge in [0.05, 0.1) is 24.3 Å². The van der Waals surface area contributed by atoms with Gasteiger partial charge in [0.15, 0.2) is 5.78 Å². The van der Waals surface area contributed by atoms with Crippen molar-refractivity contribution >= 4 is 29.0 Å². The maximum absolute atomic E-state index is 13.9. The van der Waals surface area contributed by atoms with Gasteiger partial charge in [-0.15, -0.1) is 0 Å². The maximum atomic E-state index is 13.9. The Morgan fingerprint density at radius 1 is 1.14 bits per heavy atom. The van der Waals surface area contributed by atoms with Crippen LogP contribution < -0.4 is 10.2 Å². The summed E-state index contributed by atoms with van der Waals surface area (Å²) >= 11 is 0. The van der Waals surface area contributed by atoms with E-state index in [4.69, 9.17) is 4.99 Å². The molecule has 204 valence electrons. The summed E-state index contributed by atoms with van der Waals surface area (Å²) in [5, 5.41) is 13.8. The highest BCUT2D eigenvalue weighted by molar-refractivity contribution is 6.14. The Bertz CT molecular complexity index is 993. The largest absolute Gasteiger partial charge is 0.392 e. The van der Waals surface area contributed by atoms with Crippen LogP contribution in [-0.2, 0) is 14.4 Å². The van der Waals surface area contributed by atoms with Crippen LogP contribution >= 0.6 is 0 Å². The first-order valence-corrected chi connectivity index (χ1v) is 14.1. The summed E-state index contributed by atoms with van der Waals surface area (Å²) in [5.41, 5.74) is 1.60. The molecule has 1 aliphatic heterocycles. The van der Waals surface area contributed by atoms with Crippen LogP contribution in [0, 0.1) is 17.3 Å². The van der Waals surface area contributed by atoms with E-state index in [1.54, 1.807) is 0 Å². The van der Waals surface area contributed by atoms with Crippen LogP contribution in [-0.4, -0.2) is 47.2 Å². The highest BCUT2D eigenvalue weighted by Gasteiger charge is 2.39. The van der Waals surface area contributed by atoms with Crippen LogP contribution in [0.2, 0.25) is 0 Å². The van der Waals surface area contributed by atoms with Gasteiger partial charge in [-0.25, -0.2) is 0 Å². The molecule has 0 aromatic heterocycles. The number of hydrogen-bond acceptors (Lipinski definition) is 5. The van der Waals surface area contributed by atoms with Gasteiger partial charge in [0.25, 0.3) is 5.91 Å². The molecule has 0 bridgehead atoms. The fraction of sp³-hybridized carbons (Fsp3) is 0.667. The van der Waals surface area contributed by atoms with Crippen LogP contribution in [0.1, 0.15) is 98.0 Å². The van der Waals surface area contributed by atoms with Crippen molar-refractivity contribution in [2.75, 3.05) is 11.4 Å². The smallest absolute Gasteiger partial charge is 0.272 e. The maximum Gasteiger partial charge on any atom is 0.272 e. The number of Topliss-reactive ketones (excluding diaryl/α,β-unsaturated/α-hetero) is 1. The SMILES string of the molecule is CCCCC1=NC(NC(=O)C(CC2CC2)C(O)CCCC)C(=O)N(CC(=O)C(C)(C)C)c2ccccc21. The zero-order valence-corrected chi connectivity index (χ0v) is 23.3. The summed E-state index contributed by atoms with van der Waals surface area (Å²) in [5.74, 6) is -0.944. The number of benzene rings is 1. The number of anilines is 1. The fourth-order valence-electron chi connectivity index (χ4n) is 4.69. The Morgan fingerprint density at radius 2 is 1.81 bits per heavy atom. The third-order valence-corrected chi connectivity index (χ3v) is 7.41. The minimum atomic E-state index is -1.14. The lowest BCUT2D eigenvalue weighted by atomic mass is 9.90. The number of aliphatic hydroxyl groups excluding tert-OH is 1. The number of benzodiazepines with no additional fused rings is 1. The van der Waals surface area contributed by atoms with Gasteiger partial charge in [-0.3, -0.25) is 19.4 Å². The second-order valence-corrected chi connectivity index (χ2v) is 11.7. The number of rotatable bonds is 13. The first-order valence-electron chi connectivity index (χ1n) is 14.1. The fourth-order valence-corrected chi connectivity index (χ4v) is 4.69. The molecule has 3 atom stereocenters. The Labute approximate surface area is 222 Å². The number of nitrogens with zero attached hydrogens (tertiary/aromatic N) is 2. The molecule has 3 rings (SSSR count). The monoisotopic (exact) mass is 511 g/mol. The number of ketones is 1. The van der Waals surface area contributed by atoms with E-state index >= 15 is 0 Å². The molecule has 1 fully saturated rings. The summed E-state index contributed by atoms with van der Waals surface area (Å²) in [6.07, 6.45) is 5.74. The van der Waals surface area contributed by atoms with Crippen molar-refractivity contribution in [3.63, 3.8) is 0 Å². The number of unbranched alkanes of at least 4 members (excludes halogenated alkanes) is 2. The lowest BCUT2D eigenvalue weighted by molar-refractivity contribution is -0.133. The van der Waals surface area contributed by atoms with Crippen molar-refractivity contribution in [1.29, 1.82) is 0 Å². The summed E-state index contributed by atoms with van der Waals surface area (Å²) in [6.45, 7) is 9.59. The summed E-state index contributed by atoms with van der Waals surface area (Å²) in [6, 6.07) is 7.54. The van der Waals surface area contributed by atoms with Crippen molar-refractivity contribution < 1.29 is 19.5 Å². The normalized spacial score (nSPS) is 19.5. The first kappa shape index (κ1) is 29.0. The van der Waals surface area contributed by atoms with E-state index in [2.05, 4.69) is 19.2 Å². The van der Waals surface area contributed by atoms with E-state index in [1.165, 1.54) is 4.90 Å². The summed E-state index contributed by atoms with van der Waals surface area (Å²) in [7, 11) is 0. The van der Waals surface area contributed by atoms with E-state index in [0.717, 1.165) is 49.8 Å². The summed E-state index contributed by atoms with van der Waals surface area (Å²) in [4.78, 5) is 46.8. The topological polar surface area (TPSA) is 99.1 Å². The van der Waals surface area contributed by atoms with E-state index < -0.39 is 29.5 Å². The van der Waals surface area contributed by atoms with Crippen LogP contribution in [0.3, 0.4) is 0 Å². The number of hydrogen-bond donors (Lipinski definition) is 2. The second-order valence-electron chi connectivity index (χ2n) is 11.7. The van der Waals surface area contributed by atoms with Crippen LogP contribution in [0.25, 0.3) is 0 Å². The number of aliphatic hydroxyl groups is 1. The molecule has 1 aliphatic carbocycles. The molecule has 2 aliphatic rings. The zero-order valence-electron chi connectivity index (χ0n) is 23.3. The molecule has 0 spiro atoms. The molecule has 7 heteroatoms. The van der Waals surface area contributed by atoms with Gasteiger partial charge < -0.3 is 15.3 Å². The quantitative estimate of drug-likeness (QED) is 0.388. The highest BCUT2D eigenvalue weighted by Crippen LogP contribution is 2.37. The minimum Gasteiger partial charge on any atom is -0.392 e. The summed E-state index contributed by atoms with van der Waals surface area (Å²) < 4.78 is 0. The van der Waals surface area contributed by atoms with E-state index in [9.17, 15) is 19.5 Å². The van der Waals surface area contributed by atoms with Crippen LogP contribution in [0.5, 0.6) is 0 Å². The molecule has 1 heterocycles. The predicted octanol–water partition coefficient (Wildman–Crippen LogP) is 5.04.